The molecule has 0 bridgehead atoms. The summed E-state index contributed by atoms with van der Waals surface area (Å²) in [6.45, 7) is 0. The van der Waals surface area contributed by atoms with Gasteiger partial charge in [-0.05, 0) is 42.0 Å². The molecule has 2 aromatic carbocycles. The van der Waals surface area contributed by atoms with E-state index in [1.54, 1.807) is 11.8 Å². The van der Waals surface area contributed by atoms with E-state index in [-0.39, 0.29) is 5.91 Å². The van der Waals surface area contributed by atoms with Crippen LogP contribution in [-0.2, 0) is 10.5 Å². The number of nitrogens with one attached hydrogen (secondary N) is 1. The number of hydrogen-bond donors (Lipinski definition) is 1. The third-order valence-electron chi connectivity index (χ3n) is 2.52. The maximum absolute atomic E-state index is 11.8. The predicted molar refractivity (Wildman–Crippen MR) is 93.1 cm³/mol. The summed E-state index contributed by atoms with van der Waals surface area (Å²) in [5, 5.41) is 2.88. The van der Waals surface area contributed by atoms with Crippen LogP contribution in [-0.4, -0.2) is 11.7 Å². The fourth-order valence-electron chi connectivity index (χ4n) is 1.62. The highest BCUT2D eigenvalue weighted by atomic mass is 79.9. The average Bonchev–Trinajstić information content (AvgIpc) is 2.41. The highest BCUT2D eigenvalue weighted by Gasteiger charge is 2.03. The monoisotopic (exact) mass is 413 g/mol. The second kappa shape index (κ2) is 7.86. The van der Waals surface area contributed by atoms with Crippen molar-refractivity contribution in [1.29, 1.82) is 0 Å². The lowest BCUT2D eigenvalue weighted by atomic mass is 10.2. The molecule has 2 aromatic rings. The van der Waals surface area contributed by atoms with Gasteiger partial charge in [-0.25, -0.2) is 0 Å². The second-order valence-electron chi connectivity index (χ2n) is 4.18. The molecule has 0 unspecified atom stereocenters. The Morgan fingerprint density at radius 1 is 1.05 bits per heavy atom. The molecule has 0 aliphatic carbocycles. The minimum absolute atomic E-state index is 0.0207. The Morgan fingerprint density at radius 3 is 2.50 bits per heavy atom. The van der Waals surface area contributed by atoms with Crippen LogP contribution in [0.1, 0.15) is 5.56 Å². The molecule has 2 nitrogen and oxygen atoms in total. The summed E-state index contributed by atoms with van der Waals surface area (Å²) in [5.41, 5.74) is 2.03. The van der Waals surface area contributed by atoms with E-state index in [4.69, 9.17) is 0 Å². The summed E-state index contributed by atoms with van der Waals surface area (Å²) in [7, 11) is 0. The number of hydrogen-bond acceptors (Lipinski definition) is 2. The summed E-state index contributed by atoms with van der Waals surface area (Å²) < 4.78 is 2.06. The third kappa shape index (κ3) is 5.31. The molecular formula is C15H13Br2NOS. The average molecular weight is 415 g/mol. The van der Waals surface area contributed by atoms with Crippen LogP contribution in [0, 0.1) is 0 Å². The van der Waals surface area contributed by atoms with Crippen molar-refractivity contribution in [2.24, 2.45) is 0 Å². The highest BCUT2D eigenvalue weighted by molar-refractivity contribution is 9.10. The van der Waals surface area contributed by atoms with Gasteiger partial charge in [-0.3, -0.25) is 4.79 Å². The number of thioether (sulfide) groups is 1. The molecule has 0 fully saturated rings. The SMILES string of the molecule is O=C(CSCc1cccc(Br)c1)Nc1ccc(Br)cc1. The zero-order valence-electron chi connectivity index (χ0n) is 10.6. The summed E-state index contributed by atoms with van der Waals surface area (Å²) in [6.07, 6.45) is 0. The van der Waals surface area contributed by atoms with E-state index in [0.717, 1.165) is 20.4 Å². The molecule has 5 heteroatoms. The largest absolute Gasteiger partial charge is 0.325 e. The molecule has 0 aliphatic rings. The van der Waals surface area contributed by atoms with Gasteiger partial charge in [-0.2, -0.15) is 0 Å². The molecule has 0 saturated heterocycles. The third-order valence-corrected chi connectivity index (χ3v) is 4.54. The number of anilines is 1. The van der Waals surface area contributed by atoms with Crippen LogP contribution < -0.4 is 5.32 Å². The fourth-order valence-corrected chi connectivity index (χ4v) is 3.10. The van der Waals surface area contributed by atoms with E-state index in [1.165, 1.54) is 5.56 Å². The van der Waals surface area contributed by atoms with Crippen LogP contribution in [0.3, 0.4) is 0 Å². The molecule has 0 radical (unpaired) electrons. The summed E-state index contributed by atoms with van der Waals surface area (Å²) in [4.78, 5) is 11.8. The van der Waals surface area contributed by atoms with E-state index in [1.807, 2.05) is 36.4 Å². The molecule has 1 amide bonds. The molecule has 0 atom stereocenters. The number of carbonyl (C=O) groups is 1. The lowest BCUT2D eigenvalue weighted by Gasteiger charge is -2.05. The van der Waals surface area contributed by atoms with Gasteiger partial charge in [-0.1, -0.05) is 44.0 Å². The van der Waals surface area contributed by atoms with Crippen molar-refractivity contribution in [3.05, 3.63) is 63.0 Å². The number of rotatable bonds is 5. The van der Waals surface area contributed by atoms with Crippen molar-refractivity contribution >= 4 is 55.2 Å². The smallest absolute Gasteiger partial charge is 0.234 e. The molecule has 0 spiro atoms. The molecule has 0 aliphatic heterocycles. The van der Waals surface area contributed by atoms with E-state index in [2.05, 4.69) is 49.3 Å². The Kier molecular flexibility index (Phi) is 6.13. The summed E-state index contributed by atoms with van der Waals surface area (Å²) >= 11 is 8.41. The van der Waals surface area contributed by atoms with Crippen LogP contribution >= 0.6 is 43.6 Å². The van der Waals surface area contributed by atoms with Gasteiger partial charge in [-0.15, -0.1) is 11.8 Å². The lowest BCUT2D eigenvalue weighted by molar-refractivity contribution is -0.113. The van der Waals surface area contributed by atoms with Gasteiger partial charge in [0.1, 0.15) is 0 Å². The molecule has 0 saturated carbocycles. The number of carbonyl (C=O) groups excluding carboxylic acids is 1. The fraction of sp³-hybridized carbons (Fsp3) is 0.133. The Labute approximate surface area is 139 Å². The van der Waals surface area contributed by atoms with Gasteiger partial charge in [0.2, 0.25) is 5.91 Å². The second-order valence-corrected chi connectivity index (χ2v) is 6.99. The number of halogens is 2. The van der Waals surface area contributed by atoms with Gasteiger partial charge >= 0.3 is 0 Å². The van der Waals surface area contributed by atoms with Crippen LogP contribution in [0.4, 0.5) is 5.69 Å². The normalized spacial score (nSPS) is 10.3. The topological polar surface area (TPSA) is 29.1 Å². The number of benzene rings is 2. The molecule has 0 aromatic heterocycles. The number of amides is 1. The maximum atomic E-state index is 11.8. The van der Waals surface area contributed by atoms with Gasteiger partial charge in [0.05, 0.1) is 5.75 Å². The van der Waals surface area contributed by atoms with Gasteiger partial charge in [0, 0.05) is 20.4 Å². The molecule has 0 heterocycles. The Hall–Kier alpha value is -0.780. The zero-order valence-corrected chi connectivity index (χ0v) is 14.6. The van der Waals surface area contributed by atoms with Crippen molar-refractivity contribution in [2.45, 2.75) is 5.75 Å². The minimum Gasteiger partial charge on any atom is -0.325 e. The van der Waals surface area contributed by atoms with Crippen LogP contribution in [0.25, 0.3) is 0 Å². The molecule has 1 N–H and O–H groups in total. The quantitative estimate of drug-likeness (QED) is 0.738. The van der Waals surface area contributed by atoms with Gasteiger partial charge in [0.25, 0.3) is 0 Å². The summed E-state index contributed by atoms with van der Waals surface area (Å²) in [5.74, 6) is 1.29. The first-order valence-corrected chi connectivity index (χ1v) is 8.75. The van der Waals surface area contributed by atoms with E-state index < -0.39 is 0 Å². The first-order valence-electron chi connectivity index (χ1n) is 6.01. The van der Waals surface area contributed by atoms with Crippen molar-refractivity contribution < 1.29 is 4.79 Å². The highest BCUT2D eigenvalue weighted by Crippen LogP contribution is 2.18. The van der Waals surface area contributed by atoms with E-state index >= 15 is 0 Å². The van der Waals surface area contributed by atoms with Crippen molar-refractivity contribution in [3.8, 4) is 0 Å². The van der Waals surface area contributed by atoms with Crippen molar-refractivity contribution in [3.63, 3.8) is 0 Å². The maximum Gasteiger partial charge on any atom is 0.234 e. The zero-order chi connectivity index (χ0) is 14.4. The first kappa shape index (κ1) is 15.6. The van der Waals surface area contributed by atoms with Crippen LogP contribution in [0.2, 0.25) is 0 Å². The molecule has 2 rings (SSSR count). The van der Waals surface area contributed by atoms with Crippen LogP contribution in [0.5, 0.6) is 0 Å². The van der Waals surface area contributed by atoms with Gasteiger partial charge < -0.3 is 5.32 Å². The lowest BCUT2D eigenvalue weighted by Crippen LogP contribution is -2.14. The Bertz CT molecular complexity index is 587. The van der Waals surface area contributed by atoms with Crippen LogP contribution in [0.15, 0.2) is 57.5 Å². The Balaban J connectivity index is 1.76. The first-order chi connectivity index (χ1) is 9.63. The van der Waals surface area contributed by atoms with Crippen molar-refractivity contribution in [1.82, 2.24) is 0 Å². The molecule has 104 valence electrons. The Morgan fingerprint density at radius 2 is 1.80 bits per heavy atom. The molecule has 20 heavy (non-hydrogen) atoms. The van der Waals surface area contributed by atoms with Crippen molar-refractivity contribution in [2.75, 3.05) is 11.1 Å². The van der Waals surface area contributed by atoms with E-state index in [9.17, 15) is 4.79 Å². The summed E-state index contributed by atoms with van der Waals surface area (Å²) in [6, 6.07) is 15.7. The minimum atomic E-state index is 0.0207. The standard InChI is InChI=1S/C15H13Br2NOS/c16-12-4-6-14(7-5-12)18-15(19)10-20-9-11-2-1-3-13(17)8-11/h1-8H,9-10H2,(H,18,19). The van der Waals surface area contributed by atoms with E-state index in [0.29, 0.717) is 5.75 Å². The van der Waals surface area contributed by atoms with Gasteiger partial charge in [0.15, 0.2) is 0 Å². The molecular weight excluding hydrogens is 402 g/mol. The predicted octanol–water partition coefficient (Wildman–Crippen LogP) is 5.08.